The van der Waals surface area contributed by atoms with Crippen LogP contribution in [0.4, 0.5) is 5.69 Å². The molecule has 1 aliphatic rings. The molecule has 0 aliphatic carbocycles. The molecule has 6 heteroatoms. The van der Waals surface area contributed by atoms with Crippen molar-refractivity contribution < 1.29 is 23.8 Å². The van der Waals surface area contributed by atoms with Gasteiger partial charge in [-0.05, 0) is 56.2 Å². The van der Waals surface area contributed by atoms with E-state index in [9.17, 15) is 9.59 Å². The van der Waals surface area contributed by atoms with E-state index >= 15 is 0 Å². The quantitative estimate of drug-likeness (QED) is 0.865. The van der Waals surface area contributed by atoms with Crippen LogP contribution >= 0.6 is 0 Å². The monoisotopic (exact) mass is 341 g/mol. The summed E-state index contributed by atoms with van der Waals surface area (Å²) in [5.41, 5.74) is 2.98. The lowest BCUT2D eigenvalue weighted by Gasteiger charge is -2.15. The predicted molar refractivity (Wildman–Crippen MR) is 92.0 cm³/mol. The summed E-state index contributed by atoms with van der Waals surface area (Å²) in [7, 11) is 0. The number of carbonyl (C=O) groups excluding carboxylic acids is 2. The molecule has 1 heterocycles. The molecule has 2 aromatic rings. The molecule has 1 unspecified atom stereocenters. The number of carbonyl (C=O) groups is 2. The molecule has 6 nitrogen and oxygen atoms in total. The van der Waals surface area contributed by atoms with Gasteiger partial charge < -0.3 is 19.5 Å². The van der Waals surface area contributed by atoms with Crippen molar-refractivity contribution in [2.75, 3.05) is 12.1 Å². The largest absolute Gasteiger partial charge is 0.454 e. The van der Waals surface area contributed by atoms with Crippen LogP contribution in [-0.2, 0) is 9.53 Å². The first-order valence-corrected chi connectivity index (χ1v) is 7.93. The van der Waals surface area contributed by atoms with Crippen molar-refractivity contribution >= 4 is 17.6 Å². The van der Waals surface area contributed by atoms with Crippen LogP contribution in [0.5, 0.6) is 11.5 Å². The van der Waals surface area contributed by atoms with Gasteiger partial charge in [-0.2, -0.15) is 0 Å². The van der Waals surface area contributed by atoms with E-state index in [1.165, 1.54) is 6.92 Å². The van der Waals surface area contributed by atoms with E-state index in [2.05, 4.69) is 5.32 Å². The normalized spacial score (nSPS) is 13.2. The SMILES string of the molecule is Cc1ccc(C)c(NC(=O)C(C)OC(=O)c2ccc3c(c2)OCO3)c1. The lowest BCUT2D eigenvalue weighted by molar-refractivity contribution is -0.123. The van der Waals surface area contributed by atoms with Gasteiger partial charge in [0.05, 0.1) is 5.56 Å². The summed E-state index contributed by atoms with van der Waals surface area (Å²) in [5.74, 6) is 0.0870. The molecule has 0 fully saturated rings. The minimum Gasteiger partial charge on any atom is -0.454 e. The molecule has 130 valence electrons. The number of aryl methyl sites for hydroxylation is 2. The fourth-order valence-corrected chi connectivity index (χ4v) is 2.41. The van der Waals surface area contributed by atoms with E-state index in [1.54, 1.807) is 18.2 Å². The van der Waals surface area contributed by atoms with E-state index in [-0.39, 0.29) is 12.7 Å². The number of ether oxygens (including phenoxy) is 3. The van der Waals surface area contributed by atoms with Gasteiger partial charge in [0, 0.05) is 5.69 Å². The van der Waals surface area contributed by atoms with Crippen molar-refractivity contribution in [3.63, 3.8) is 0 Å². The molecule has 0 saturated carbocycles. The molecule has 1 aliphatic heterocycles. The lowest BCUT2D eigenvalue weighted by atomic mass is 10.1. The number of rotatable bonds is 4. The topological polar surface area (TPSA) is 73.9 Å². The maximum atomic E-state index is 12.3. The van der Waals surface area contributed by atoms with Crippen LogP contribution < -0.4 is 14.8 Å². The van der Waals surface area contributed by atoms with Crippen molar-refractivity contribution in [1.82, 2.24) is 0 Å². The first-order valence-electron chi connectivity index (χ1n) is 7.93. The number of nitrogens with one attached hydrogen (secondary N) is 1. The molecule has 1 atom stereocenters. The average Bonchev–Trinajstić information content (AvgIpc) is 3.05. The standard InChI is InChI=1S/C19H19NO5/c1-11-4-5-12(2)15(8-11)20-18(21)13(3)25-19(22)14-6-7-16-17(9-14)24-10-23-16/h4-9,13H,10H2,1-3H3,(H,20,21). The van der Waals surface area contributed by atoms with Gasteiger partial charge >= 0.3 is 5.97 Å². The van der Waals surface area contributed by atoms with E-state index in [0.717, 1.165) is 11.1 Å². The van der Waals surface area contributed by atoms with Crippen LogP contribution in [0.15, 0.2) is 36.4 Å². The average molecular weight is 341 g/mol. The molecule has 25 heavy (non-hydrogen) atoms. The summed E-state index contributed by atoms with van der Waals surface area (Å²) in [4.78, 5) is 24.5. The zero-order chi connectivity index (χ0) is 18.0. The van der Waals surface area contributed by atoms with E-state index < -0.39 is 12.1 Å². The Bertz CT molecular complexity index is 831. The molecule has 1 N–H and O–H groups in total. The zero-order valence-electron chi connectivity index (χ0n) is 14.3. The highest BCUT2D eigenvalue weighted by Crippen LogP contribution is 2.32. The molecule has 1 amide bonds. The third kappa shape index (κ3) is 3.74. The number of esters is 1. The molecule has 0 spiro atoms. The predicted octanol–water partition coefficient (Wildman–Crippen LogP) is 3.22. The van der Waals surface area contributed by atoms with Crippen molar-refractivity contribution in [2.24, 2.45) is 0 Å². The van der Waals surface area contributed by atoms with E-state index in [0.29, 0.717) is 22.7 Å². The maximum Gasteiger partial charge on any atom is 0.339 e. The third-order valence-electron chi connectivity index (χ3n) is 3.91. The Morgan fingerprint density at radius 2 is 1.84 bits per heavy atom. The Balaban J connectivity index is 1.64. The zero-order valence-corrected chi connectivity index (χ0v) is 14.3. The molecule has 0 bridgehead atoms. The van der Waals surface area contributed by atoms with Crippen LogP contribution in [0.1, 0.15) is 28.4 Å². The molecule has 0 radical (unpaired) electrons. The fraction of sp³-hybridized carbons (Fsp3) is 0.263. The summed E-state index contributed by atoms with van der Waals surface area (Å²) in [6.45, 7) is 5.50. The maximum absolute atomic E-state index is 12.3. The summed E-state index contributed by atoms with van der Waals surface area (Å²) >= 11 is 0. The van der Waals surface area contributed by atoms with Gasteiger partial charge in [0.25, 0.3) is 5.91 Å². The second kappa shape index (κ2) is 6.84. The number of fused-ring (bicyclic) bond motifs is 1. The Morgan fingerprint density at radius 3 is 2.64 bits per heavy atom. The number of hydrogen-bond donors (Lipinski definition) is 1. The van der Waals surface area contributed by atoms with Crippen LogP contribution in [-0.4, -0.2) is 24.8 Å². The van der Waals surface area contributed by atoms with Gasteiger partial charge in [-0.15, -0.1) is 0 Å². The minimum atomic E-state index is -0.933. The Morgan fingerprint density at radius 1 is 1.08 bits per heavy atom. The van der Waals surface area contributed by atoms with Gasteiger partial charge in [0.2, 0.25) is 6.79 Å². The van der Waals surface area contributed by atoms with Crippen LogP contribution in [0, 0.1) is 13.8 Å². The van der Waals surface area contributed by atoms with E-state index in [1.807, 2.05) is 32.0 Å². The molecular weight excluding hydrogens is 322 g/mol. The first kappa shape index (κ1) is 16.8. The van der Waals surface area contributed by atoms with Crippen LogP contribution in [0.3, 0.4) is 0 Å². The van der Waals surface area contributed by atoms with Gasteiger partial charge in [-0.3, -0.25) is 4.79 Å². The smallest absolute Gasteiger partial charge is 0.339 e. The first-order chi connectivity index (χ1) is 11.9. The third-order valence-corrected chi connectivity index (χ3v) is 3.91. The molecule has 0 saturated heterocycles. The number of hydrogen-bond acceptors (Lipinski definition) is 5. The molecular formula is C19H19NO5. The minimum absolute atomic E-state index is 0.127. The highest BCUT2D eigenvalue weighted by molar-refractivity contribution is 5.98. The van der Waals surface area contributed by atoms with Gasteiger partial charge in [0.15, 0.2) is 17.6 Å². The van der Waals surface area contributed by atoms with Crippen molar-refractivity contribution in [1.29, 1.82) is 0 Å². The second-order valence-corrected chi connectivity index (χ2v) is 5.92. The van der Waals surface area contributed by atoms with Crippen molar-refractivity contribution in [3.05, 3.63) is 53.1 Å². The Labute approximate surface area is 145 Å². The molecule has 2 aromatic carbocycles. The summed E-state index contributed by atoms with van der Waals surface area (Å²) in [6.07, 6.45) is -0.933. The van der Waals surface area contributed by atoms with Crippen LogP contribution in [0.2, 0.25) is 0 Å². The Kier molecular flexibility index (Phi) is 4.61. The van der Waals surface area contributed by atoms with Crippen molar-refractivity contribution in [2.45, 2.75) is 26.9 Å². The van der Waals surface area contributed by atoms with Gasteiger partial charge in [-0.1, -0.05) is 12.1 Å². The second-order valence-electron chi connectivity index (χ2n) is 5.92. The number of anilines is 1. The lowest BCUT2D eigenvalue weighted by Crippen LogP contribution is -2.30. The van der Waals surface area contributed by atoms with E-state index in [4.69, 9.17) is 14.2 Å². The summed E-state index contributed by atoms with van der Waals surface area (Å²) in [6, 6.07) is 10.5. The van der Waals surface area contributed by atoms with Crippen LogP contribution in [0.25, 0.3) is 0 Å². The van der Waals surface area contributed by atoms with Crippen molar-refractivity contribution in [3.8, 4) is 11.5 Å². The Hall–Kier alpha value is -3.02. The fourth-order valence-electron chi connectivity index (χ4n) is 2.41. The number of amides is 1. The van der Waals surface area contributed by atoms with Gasteiger partial charge in [0.1, 0.15) is 0 Å². The number of benzene rings is 2. The highest BCUT2D eigenvalue weighted by Gasteiger charge is 2.22. The summed E-state index contributed by atoms with van der Waals surface area (Å²) in [5, 5.41) is 2.79. The molecule has 0 aromatic heterocycles. The summed E-state index contributed by atoms with van der Waals surface area (Å²) < 4.78 is 15.7. The van der Waals surface area contributed by atoms with Gasteiger partial charge in [-0.25, -0.2) is 4.79 Å². The highest BCUT2D eigenvalue weighted by atomic mass is 16.7. The molecule has 3 rings (SSSR count).